The maximum Gasteiger partial charge on any atom is 0.270 e. The maximum absolute atomic E-state index is 12.9. The van der Waals surface area contributed by atoms with E-state index >= 15 is 0 Å². The van der Waals surface area contributed by atoms with E-state index in [-0.39, 0.29) is 16.8 Å². The molecule has 160 valence electrons. The molecule has 9 heteroatoms. The second-order valence-corrected chi connectivity index (χ2v) is 8.43. The van der Waals surface area contributed by atoms with Gasteiger partial charge in [-0.2, -0.15) is 0 Å². The number of nitro groups is 1. The Morgan fingerprint density at radius 3 is 2.61 bits per heavy atom. The summed E-state index contributed by atoms with van der Waals surface area (Å²) >= 11 is 1.38. The topological polar surface area (TPSA) is 90.5 Å². The van der Waals surface area contributed by atoms with Crippen molar-refractivity contribution in [1.29, 1.82) is 0 Å². The average molecular weight is 439 g/mol. The monoisotopic (exact) mass is 438 g/mol. The molecule has 1 unspecified atom stereocenters. The largest absolute Gasteiger partial charge is 0.378 e. The number of benzene rings is 2. The van der Waals surface area contributed by atoms with Crippen LogP contribution < -0.4 is 0 Å². The summed E-state index contributed by atoms with van der Waals surface area (Å²) < 4.78 is 7.26. The highest BCUT2D eigenvalue weighted by Crippen LogP contribution is 2.31. The van der Waals surface area contributed by atoms with Gasteiger partial charge in [-0.05, 0) is 19.1 Å². The predicted molar refractivity (Wildman–Crippen MR) is 118 cm³/mol. The van der Waals surface area contributed by atoms with E-state index in [1.807, 2.05) is 52.9 Å². The molecule has 2 aromatic carbocycles. The quantitative estimate of drug-likeness (QED) is 0.330. The van der Waals surface area contributed by atoms with Crippen molar-refractivity contribution in [2.45, 2.75) is 17.3 Å². The van der Waals surface area contributed by atoms with Gasteiger partial charge in [-0.3, -0.25) is 19.5 Å². The molecule has 1 aliphatic heterocycles. The van der Waals surface area contributed by atoms with Crippen LogP contribution in [-0.2, 0) is 9.53 Å². The molecule has 1 amide bonds. The number of imidazole rings is 1. The Balaban J connectivity index is 1.66. The Bertz CT molecular complexity index is 1080. The number of hydrogen-bond donors (Lipinski definition) is 0. The molecule has 1 aromatic heterocycles. The number of morpholine rings is 1. The second kappa shape index (κ2) is 9.32. The highest BCUT2D eigenvalue weighted by Gasteiger charge is 2.25. The highest BCUT2D eigenvalue weighted by atomic mass is 32.2. The van der Waals surface area contributed by atoms with Gasteiger partial charge in [0.25, 0.3) is 5.69 Å². The summed E-state index contributed by atoms with van der Waals surface area (Å²) in [6.07, 6.45) is 1.85. The number of nitrogens with zero attached hydrogens (tertiary/aromatic N) is 4. The van der Waals surface area contributed by atoms with Gasteiger partial charge in [0.15, 0.2) is 5.16 Å². The summed E-state index contributed by atoms with van der Waals surface area (Å²) in [7, 11) is 0. The second-order valence-electron chi connectivity index (χ2n) is 7.12. The number of nitro benzene ring substituents is 1. The standard InChI is InChI=1S/C22H22N4O4S/c1-16(21(27)24-10-12-30-13-11-24)31-22-23-20(15-25(22)18-7-3-2-4-8-18)17-6-5-9-19(14-17)26(28)29/h2-9,14-16H,10-13H2,1H3. The van der Waals surface area contributed by atoms with Gasteiger partial charge in [-0.1, -0.05) is 42.1 Å². The van der Waals surface area contributed by atoms with Crippen molar-refractivity contribution in [3.63, 3.8) is 0 Å². The van der Waals surface area contributed by atoms with Crippen LogP contribution in [0.1, 0.15) is 6.92 Å². The van der Waals surface area contributed by atoms with Crippen molar-refractivity contribution in [3.8, 4) is 16.9 Å². The van der Waals surface area contributed by atoms with E-state index in [9.17, 15) is 14.9 Å². The van der Waals surface area contributed by atoms with Gasteiger partial charge >= 0.3 is 0 Å². The Labute approximate surface area is 184 Å². The van der Waals surface area contributed by atoms with E-state index in [2.05, 4.69) is 0 Å². The number of carbonyl (C=O) groups excluding carboxylic acids is 1. The Morgan fingerprint density at radius 1 is 1.16 bits per heavy atom. The predicted octanol–water partition coefficient (Wildman–Crippen LogP) is 3.79. The SMILES string of the molecule is CC(Sc1nc(-c2cccc([N+](=O)[O-])c2)cn1-c1ccccc1)C(=O)N1CCOCC1. The smallest absolute Gasteiger partial charge is 0.270 e. The lowest BCUT2D eigenvalue weighted by molar-refractivity contribution is -0.384. The van der Waals surface area contributed by atoms with Gasteiger partial charge in [0.05, 0.1) is 29.1 Å². The average Bonchev–Trinajstić information content (AvgIpc) is 3.23. The van der Waals surface area contributed by atoms with Crippen LogP contribution in [0.25, 0.3) is 16.9 Å². The van der Waals surface area contributed by atoms with Crippen LogP contribution in [0.4, 0.5) is 5.69 Å². The van der Waals surface area contributed by atoms with E-state index in [0.29, 0.717) is 42.7 Å². The minimum absolute atomic E-state index is 0.0110. The van der Waals surface area contributed by atoms with Crippen LogP contribution in [0.5, 0.6) is 0 Å². The maximum atomic E-state index is 12.9. The molecule has 4 rings (SSSR count). The molecule has 2 heterocycles. The number of ether oxygens (including phenoxy) is 1. The van der Waals surface area contributed by atoms with E-state index in [1.165, 1.54) is 23.9 Å². The third-order valence-electron chi connectivity index (χ3n) is 5.01. The van der Waals surface area contributed by atoms with Gasteiger partial charge in [0, 0.05) is 42.7 Å². The molecule has 0 saturated carbocycles. The molecular formula is C22H22N4O4S. The molecule has 0 N–H and O–H groups in total. The van der Waals surface area contributed by atoms with Crippen LogP contribution >= 0.6 is 11.8 Å². The van der Waals surface area contributed by atoms with Crippen molar-refractivity contribution in [2.75, 3.05) is 26.3 Å². The number of para-hydroxylation sites is 1. The first-order valence-corrected chi connectivity index (χ1v) is 10.8. The highest BCUT2D eigenvalue weighted by molar-refractivity contribution is 8.00. The van der Waals surface area contributed by atoms with Crippen LogP contribution in [-0.4, -0.2) is 56.8 Å². The number of amides is 1. The van der Waals surface area contributed by atoms with Gasteiger partial charge in [0.2, 0.25) is 5.91 Å². The van der Waals surface area contributed by atoms with Gasteiger partial charge in [-0.25, -0.2) is 4.98 Å². The summed E-state index contributed by atoms with van der Waals surface area (Å²) in [6.45, 7) is 4.17. The molecule has 1 atom stereocenters. The van der Waals surface area contributed by atoms with E-state index < -0.39 is 4.92 Å². The molecule has 0 radical (unpaired) electrons. The van der Waals surface area contributed by atoms with Crippen molar-refractivity contribution in [2.24, 2.45) is 0 Å². The third-order valence-corrected chi connectivity index (χ3v) is 6.07. The molecule has 1 saturated heterocycles. The third kappa shape index (κ3) is 4.78. The van der Waals surface area contributed by atoms with Gasteiger partial charge in [-0.15, -0.1) is 0 Å². The van der Waals surface area contributed by atoms with Crippen LogP contribution in [0.2, 0.25) is 0 Å². The minimum Gasteiger partial charge on any atom is -0.378 e. The van der Waals surface area contributed by atoms with Gasteiger partial charge in [0.1, 0.15) is 0 Å². The molecular weight excluding hydrogens is 416 g/mol. The molecule has 8 nitrogen and oxygen atoms in total. The van der Waals surface area contributed by atoms with Crippen molar-refractivity contribution in [1.82, 2.24) is 14.5 Å². The normalized spacial score (nSPS) is 14.9. The zero-order valence-electron chi connectivity index (χ0n) is 17.0. The Morgan fingerprint density at radius 2 is 1.90 bits per heavy atom. The summed E-state index contributed by atoms with van der Waals surface area (Å²) in [4.78, 5) is 30.2. The van der Waals surface area contributed by atoms with Crippen molar-refractivity contribution < 1.29 is 14.5 Å². The number of non-ortho nitro benzene ring substituents is 1. The van der Waals surface area contributed by atoms with Crippen LogP contribution in [0.3, 0.4) is 0 Å². The Hall–Kier alpha value is -3.17. The fourth-order valence-corrected chi connectivity index (χ4v) is 4.38. The fraction of sp³-hybridized carbons (Fsp3) is 0.273. The molecule has 3 aromatic rings. The molecule has 1 fully saturated rings. The van der Waals surface area contributed by atoms with Crippen LogP contribution in [0, 0.1) is 10.1 Å². The molecule has 31 heavy (non-hydrogen) atoms. The van der Waals surface area contributed by atoms with E-state index in [0.717, 1.165) is 5.69 Å². The zero-order valence-corrected chi connectivity index (χ0v) is 17.8. The first kappa shape index (κ1) is 21.1. The van der Waals surface area contributed by atoms with Crippen LogP contribution in [0.15, 0.2) is 66.0 Å². The number of carbonyl (C=O) groups is 1. The Kier molecular flexibility index (Phi) is 6.34. The lowest BCUT2D eigenvalue weighted by Gasteiger charge is -2.28. The molecule has 0 spiro atoms. The zero-order chi connectivity index (χ0) is 21.8. The summed E-state index contributed by atoms with van der Waals surface area (Å²) in [5.74, 6) is 0.0489. The van der Waals surface area contributed by atoms with Gasteiger partial charge < -0.3 is 9.64 Å². The number of hydrogen-bond acceptors (Lipinski definition) is 6. The summed E-state index contributed by atoms with van der Waals surface area (Å²) in [5.41, 5.74) is 2.18. The molecule has 0 bridgehead atoms. The number of aromatic nitrogens is 2. The number of rotatable bonds is 6. The number of thioether (sulfide) groups is 1. The molecule has 1 aliphatic rings. The lowest BCUT2D eigenvalue weighted by atomic mass is 10.1. The van der Waals surface area contributed by atoms with E-state index in [4.69, 9.17) is 9.72 Å². The summed E-state index contributed by atoms with van der Waals surface area (Å²) in [6, 6.07) is 16.1. The summed E-state index contributed by atoms with van der Waals surface area (Å²) in [5, 5.41) is 11.5. The lowest BCUT2D eigenvalue weighted by Crippen LogP contribution is -2.44. The van der Waals surface area contributed by atoms with Crippen molar-refractivity contribution >= 4 is 23.4 Å². The minimum atomic E-state index is -0.420. The fourth-order valence-electron chi connectivity index (χ4n) is 3.39. The first-order chi connectivity index (χ1) is 15.0. The first-order valence-electron chi connectivity index (χ1n) is 9.96. The molecule has 0 aliphatic carbocycles. The van der Waals surface area contributed by atoms with E-state index in [1.54, 1.807) is 12.1 Å². The van der Waals surface area contributed by atoms with Crippen molar-refractivity contribution in [3.05, 3.63) is 70.9 Å².